The van der Waals surface area contributed by atoms with Gasteiger partial charge in [-0.15, -0.1) is 11.8 Å². The number of nitrogens with one attached hydrogen (secondary N) is 2. The Bertz CT molecular complexity index is 466. The molecule has 0 radical (unpaired) electrons. The minimum atomic E-state index is -0.469. The number of benzene rings is 1. The number of carbonyl (C=O) groups is 1. The van der Waals surface area contributed by atoms with Crippen LogP contribution in [0.4, 0.5) is 5.69 Å². The van der Waals surface area contributed by atoms with Crippen molar-refractivity contribution >= 4 is 23.4 Å². The number of thioether (sulfide) groups is 1. The van der Waals surface area contributed by atoms with Gasteiger partial charge in [0, 0.05) is 18.2 Å². The third-order valence-electron chi connectivity index (χ3n) is 2.53. The van der Waals surface area contributed by atoms with Crippen molar-refractivity contribution in [3.05, 3.63) is 33.9 Å². The van der Waals surface area contributed by atoms with Crippen molar-refractivity contribution in [1.29, 1.82) is 0 Å². The number of hydrogen-bond donors (Lipinski definition) is 2. The van der Waals surface area contributed by atoms with Gasteiger partial charge in [0.15, 0.2) is 0 Å². The first-order valence-electron chi connectivity index (χ1n) is 5.85. The van der Waals surface area contributed by atoms with Gasteiger partial charge in [-0.05, 0) is 38.4 Å². The number of carbonyl (C=O) groups excluding carboxylic acids is 1. The highest BCUT2D eigenvalue weighted by atomic mass is 32.2. The first-order chi connectivity index (χ1) is 9.10. The van der Waals surface area contributed by atoms with Crippen LogP contribution in [0.25, 0.3) is 0 Å². The van der Waals surface area contributed by atoms with Crippen LogP contribution in [0.1, 0.15) is 16.8 Å². The molecule has 0 fully saturated rings. The van der Waals surface area contributed by atoms with E-state index >= 15 is 0 Å². The molecule has 0 atom stereocenters. The molecule has 0 heterocycles. The maximum absolute atomic E-state index is 11.8. The average Bonchev–Trinajstić information content (AvgIpc) is 2.42. The maximum Gasteiger partial charge on any atom is 0.283 e. The Morgan fingerprint density at radius 1 is 1.42 bits per heavy atom. The summed E-state index contributed by atoms with van der Waals surface area (Å²) in [6.45, 7) is 1.35. The van der Waals surface area contributed by atoms with Crippen LogP contribution in [0, 0.1) is 10.1 Å². The summed E-state index contributed by atoms with van der Waals surface area (Å²) in [5.41, 5.74) is 0.282. The largest absolute Gasteiger partial charge is 0.352 e. The predicted molar refractivity (Wildman–Crippen MR) is 75.8 cm³/mol. The second-order valence-corrected chi connectivity index (χ2v) is 4.70. The van der Waals surface area contributed by atoms with Gasteiger partial charge in [0.1, 0.15) is 0 Å². The number of nitro benzene ring substituents is 1. The third-order valence-corrected chi connectivity index (χ3v) is 3.31. The summed E-state index contributed by atoms with van der Waals surface area (Å²) >= 11 is 1.29. The predicted octanol–water partition coefficient (Wildman–Crippen LogP) is 1.66. The molecular formula is C12H17N3O3S. The van der Waals surface area contributed by atoms with E-state index in [0.717, 1.165) is 13.0 Å². The van der Waals surface area contributed by atoms with Gasteiger partial charge < -0.3 is 10.6 Å². The van der Waals surface area contributed by atoms with Gasteiger partial charge in [-0.2, -0.15) is 0 Å². The molecule has 0 spiro atoms. The zero-order valence-corrected chi connectivity index (χ0v) is 11.8. The van der Waals surface area contributed by atoms with Crippen LogP contribution < -0.4 is 10.6 Å². The molecule has 104 valence electrons. The summed E-state index contributed by atoms with van der Waals surface area (Å²) in [5, 5.41) is 16.6. The third kappa shape index (κ3) is 4.53. The summed E-state index contributed by atoms with van der Waals surface area (Å²) in [6, 6.07) is 4.52. The number of amides is 1. The summed E-state index contributed by atoms with van der Waals surface area (Å²) in [7, 11) is 1.84. The van der Waals surface area contributed by atoms with Gasteiger partial charge in [0.05, 0.1) is 9.82 Å². The minimum absolute atomic E-state index is 0.0321. The van der Waals surface area contributed by atoms with E-state index in [9.17, 15) is 14.9 Å². The number of rotatable bonds is 7. The second kappa shape index (κ2) is 7.75. The zero-order chi connectivity index (χ0) is 14.3. The zero-order valence-electron chi connectivity index (χ0n) is 10.9. The van der Waals surface area contributed by atoms with E-state index in [1.54, 1.807) is 18.4 Å². The molecule has 1 aromatic rings. The van der Waals surface area contributed by atoms with E-state index in [1.165, 1.54) is 17.8 Å². The van der Waals surface area contributed by atoms with Crippen molar-refractivity contribution in [2.75, 3.05) is 26.4 Å². The fourth-order valence-corrected chi connectivity index (χ4v) is 2.09. The van der Waals surface area contributed by atoms with Crippen LogP contribution in [-0.4, -0.2) is 37.2 Å². The van der Waals surface area contributed by atoms with Gasteiger partial charge >= 0.3 is 0 Å². The van der Waals surface area contributed by atoms with Crippen molar-refractivity contribution in [1.82, 2.24) is 10.6 Å². The molecule has 0 bridgehead atoms. The minimum Gasteiger partial charge on any atom is -0.352 e. The molecule has 0 aliphatic carbocycles. The van der Waals surface area contributed by atoms with Crippen LogP contribution in [-0.2, 0) is 0 Å². The van der Waals surface area contributed by atoms with E-state index in [4.69, 9.17) is 0 Å². The highest BCUT2D eigenvalue weighted by Gasteiger charge is 2.16. The van der Waals surface area contributed by atoms with Crippen molar-refractivity contribution in [2.24, 2.45) is 0 Å². The first kappa shape index (κ1) is 15.5. The molecule has 0 aromatic heterocycles. The SMILES string of the molecule is CNCCCNC(=O)c1ccc(SC)c([N+](=O)[O-])c1. The van der Waals surface area contributed by atoms with E-state index < -0.39 is 4.92 Å². The number of nitrogens with zero attached hydrogens (tertiary/aromatic N) is 1. The maximum atomic E-state index is 11.8. The lowest BCUT2D eigenvalue weighted by Gasteiger charge is -2.06. The molecule has 7 heteroatoms. The van der Waals surface area contributed by atoms with Crippen LogP contribution in [0.15, 0.2) is 23.1 Å². The first-order valence-corrected chi connectivity index (χ1v) is 7.08. The molecule has 0 saturated carbocycles. The van der Waals surface area contributed by atoms with Crippen LogP contribution >= 0.6 is 11.8 Å². The Kier molecular flexibility index (Phi) is 6.31. The lowest BCUT2D eigenvalue weighted by molar-refractivity contribution is -0.387. The molecule has 1 rings (SSSR count). The van der Waals surface area contributed by atoms with E-state index in [1.807, 2.05) is 7.05 Å². The summed E-state index contributed by atoms with van der Waals surface area (Å²) < 4.78 is 0. The highest BCUT2D eigenvalue weighted by Crippen LogP contribution is 2.28. The number of nitro groups is 1. The molecule has 19 heavy (non-hydrogen) atoms. The highest BCUT2D eigenvalue weighted by molar-refractivity contribution is 7.98. The van der Waals surface area contributed by atoms with Crippen molar-refractivity contribution in [3.63, 3.8) is 0 Å². The average molecular weight is 283 g/mol. The van der Waals surface area contributed by atoms with Crippen LogP contribution in [0.3, 0.4) is 0 Å². The molecular weight excluding hydrogens is 266 g/mol. The second-order valence-electron chi connectivity index (χ2n) is 3.86. The molecule has 0 aliphatic rings. The van der Waals surface area contributed by atoms with Crippen LogP contribution in [0.2, 0.25) is 0 Å². The quantitative estimate of drug-likeness (QED) is 0.344. The van der Waals surface area contributed by atoms with E-state index in [-0.39, 0.29) is 11.6 Å². The standard InChI is InChI=1S/C12H17N3O3S/c1-13-6-3-7-14-12(16)9-4-5-11(19-2)10(8-9)15(17)18/h4-5,8,13H,3,6-7H2,1-2H3,(H,14,16). The summed E-state index contributed by atoms with van der Waals surface area (Å²) in [5.74, 6) is -0.285. The lowest BCUT2D eigenvalue weighted by atomic mass is 10.2. The van der Waals surface area contributed by atoms with E-state index in [2.05, 4.69) is 10.6 Å². The Morgan fingerprint density at radius 3 is 2.74 bits per heavy atom. The fourth-order valence-electron chi connectivity index (χ4n) is 1.54. The molecule has 2 N–H and O–H groups in total. The molecule has 0 unspecified atom stereocenters. The smallest absolute Gasteiger partial charge is 0.283 e. The van der Waals surface area contributed by atoms with Gasteiger partial charge in [0.2, 0.25) is 0 Å². The Labute approximate surface area is 116 Å². The number of hydrogen-bond acceptors (Lipinski definition) is 5. The van der Waals surface area contributed by atoms with Crippen LogP contribution in [0.5, 0.6) is 0 Å². The Balaban J connectivity index is 2.75. The van der Waals surface area contributed by atoms with E-state index in [0.29, 0.717) is 17.0 Å². The molecule has 1 amide bonds. The van der Waals surface area contributed by atoms with Crippen molar-refractivity contribution < 1.29 is 9.72 Å². The summed E-state index contributed by atoms with van der Waals surface area (Å²) in [4.78, 5) is 22.8. The van der Waals surface area contributed by atoms with Crippen molar-refractivity contribution in [3.8, 4) is 0 Å². The molecule has 6 nitrogen and oxygen atoms in total. The normalized spacial score (nSPS) is 10.2. The van der Waals surface area contributed by atoms with Gasteiger partial charge in [-0.1, -0.05) is 0 Å². The fraction of sp³-hybridized carbons (Fsp3) is 0.417. The summed E-state index contributed by atoms with van der Waals surface area (Å²) in [6.07, 6.45) is 2.58. The van der Waals surface area contributed by atoms with Crippen molar-refractivity contribution in [2.45, 2.75) is 11.3 Å². The lowest BCUT2D eigenvalue weighted by Crippen LogP contribution is -2.26. The molecule has 1 aromatic carbocycles. The molecule has 0 saturated heterocycles. The Morgan fingerprint density at radius 2 is 2.16 bits per heavy atom. The monoisotopic (exact) mass is 283 g/mol. The van der Waals surface area contributed by atoms with Gasteiger partial charge in [-0.3, -0.25) is 14.9 Å². The van der Waals surface area contributed by atoms with Gasteiger partial charge in [-0.25, -0.2) is 0 Å². The topological polar surface area (TPSA) is 84.3 Å². The molecule has 0 aliphatic heterocycles. The Hall–Kier alpha value is -1.60. The van der Waals surface area contributed by atoms with Gasteiger partial charge in [0.25, 0.3) is 11.6 Å².